The molecule has 0 radical (unpaired) electrons. The summed E-state index contributed by atoms with van der Waals surface area (Å²) >= 11 is 5.84. The number of carbonyl (C=O) groups excluding carboxylic acids is 1. The predicted molar refractivity (Wildman–Crippen MR) is 75.4 cm³/mol. The zero-order valence-electron chi connectivity index (χ0n) is 11.7. The number of amides is 1. The van der Waals surface area contributed by atoms with Crippen molar-refractivity contribution < 1.29 is 14.3 Å². The molecule has 0 spiro atoms. The van der Waals surface area contributed by atoms with E-state index in [1.54, 1.807) is 19.2 Å². The van der Waals surface area contributed by atoms with E-state index >= 15 is 0 Å². The van der Waals surface area contributed by atoms with Gasteiger partial charge in [-0.2, -0.15) is 0 Å². The first-order valence-corrected chi connectivity index (χ1v) is 6.43. The SMILES string of the molecule is COCC(NC(=O)OC(C)(C)C)c1ccc(Cl)cc1. The minimum atomic E-state index is -0.526. The molecule has 0 aliphatic rings. The summed E-state index contributed by atoms with van der Waals surface area (Å²) in [6, 6.07) is 6.98. The third-order valence-corrected chi connectivity index (χ3v) is 2.55. The summed E-state index contributed by atoms with van der Waals surface area (Å²) in [6.45, 7) is 5.82. The number of benzene rings is 1. The van der Waals surface area contributed by atoms with Crippen LogP contribution in [0.3, 0.4) is 0 Å². The number of rotatable bonds is 4. The molecule has 0 fully saturated rings. The van der Waals surface area contributed by atoms with Crippen molar-refractivity contribution in [3.63, 3.8) is 0 Å². The third kappa shape index (κ3) is 5.94. The lowest BCUT2D eigenvalue weighted by molar-refractivity contribution is 0.0468. The van der Waals surface area contributed by atoms with E-state index in [1.807, 2.05) is 32.9 Å². The molecule has 19 heavy (non-hydrogen) atoms. The van der Waals surface area contributed by atoms with Crippen LogP contribution < -0.4 is 5.32 Å². The van der Waals surface area contributed by atoms with Gasteiger partial charge < -0.3 is 14.8 Å². The average molecular weight is 286 g/mol. The highest BCUT2D eigenvalue weighted by molar-refractivity contribution is 6.30. The van der Waals surface area contributed by atoms with Crippen LogP contribution in [0.25, 0.3) is 0 Å². The van der Waals surface area contributed by atoms with Crippen molar-refractivity contribution in [1.29, 1.82) is 0 Å². The summed E-state index contributed by atoms with van der Waals surface area (Å²) in [6.07, 6.45) is -0.468. The first-order valence-electron chi connectivity index (χ1n) is 6.06. The van der Waals surface area contributed by atoms with Gasteiger partial charge in [0.05, 0.1) is 12.6 Å². The summed E-state index contributed by atoms with van der Waals surface area (Å²) in [5, 5.41) is 3.43. The van der Waals surface area contributed by atoms with Gasteiger partial charge in [-0.25, -0.2) is 4.79 Å². The van der Waals surface area contributed by atoms with E-state index in [2.05, 4.69) is 5.32 Å². The molecule has 0 aliphatic heterocycles. The van der Waals surface area contributed by atoms with Crippen LogP contribution >= 0.6 is 11.6 Å². The molecule has 4 nitrogen and oxygen atoms in total. The maximum atomic E-state index is 11.8. The van der Waals surface area contributed by atoms with E-state index in [0.29, 0.717) is 11.6 Å². The molecular formula is C14H20ClNO3. The van der Waals surface area contributed by atoms with Gasteiger partial charge in [0.15, 0.2) is 0 Å². The molecule has 1 aromatic rings. The minimum absolute atomic E-state index is 0.267. The molecule has 1 amide bonds. The number of hydrogen-bond donors (Lipinski definition) is 1. The quantitative estimate of drug-likeness (QED) is 0.920. The summed E-state index contributed by atoms with van der Waals surface area (Å²) in [7, 11) is 1.58. The Balaban J connectivity index is 2.73. The fraction of sp³-hybridized carbons (Fsp3) is 0.500. The molecule has 0 heterocycles. The molecule has 1 unspecified atom stereocenters. The van der Waals surface area contributed by atoms with E-state index in [1.165, 1.54) is 0 Å². The van der Waals surface area contributed by atoms with E-state index < -0.39 is 11.7 Å². The smallest absolute Gasteiger partial charge is 0.408 e. The van der Waals surface area contributed by atoms with Crippen molar-refractivity contribution in [1.82, 2.24) is 5.32 Å². The molecule has 106 valence electrons. The number of carbonyl (C=O) groups is 1. The van der Waals surface area contributed by atoms with Crippen LogP contribution in [0.4, 0.5) is 4.79 Å². The van der Waals surface area contributed by atoms with Crippen LogP contribution in [-0.4, -0.2) is 25.4 Å². The standard InChI is InChI=1S/C14H20ClNO3/c1-14(2,3)19-13(17)16-12(9-18-4)10-5-7-11(15)8-6-10/h5-8,12H,9H2,1-4H3,(H,16,17). The Morgan fingerprint density at radius 2 is 1.89 bits per heavy atom. The zero-order chi connectivity index (χ0) is 14.5. The highest BCUT2D eigenvalue weighted by atomic mass is 35.5. The molecule has 0 bridgehead atoms. The molecule has 1 N–H and O–H groups in total. The molecule has 0 saturated carbocycles. The fourth-order valence-electron chi connectivity index (χ4n) is 1.53. The lowest BCUT2D eigenvalue weighted by Crippen LogP contribution is -2.36. The van der Waals surface area contributed by atoms with Crippen LogP contribution in [0.5, 0.6) is 0 Å². The van der Waals surface area contributed by atoms with Gasteiger partial charge in [-0.3, -0.25) is 0 Å². The van der Waals surface area contributed by atoms with E-state index in [0.717, 1.165) is 5.56 Å². The van der Waals surface area contributed by atoms with Crippen LogP contribution in [-0.2, 0) is 9.47 Å². The van der Waals surface area contributed by atoms with Gasteiger partial charge in [-0.1, -0.05) is 23.7 Å². The Morgan fingerprint density at radius 3 is 2.37 bits per heavy atom. The molecule has 1 atom stereocenters. The molecule has 0 saturated heterocycles. The summed E-state index contributed by atoms with van der Waals surface area (Å²) in [4.78, 5) is 11.8. The predicted octanol–water partition coefficient (Wildman–Crippen LogP) is 3.55. The molecule has 0 aromatic heterocycles. The average Bonchev–Trinajstić information content (AvgIpc) is 2.27. The van der Waals surface area contributed by atoms with Crippen molar-refractivity contribution in [3.05, 3.63) is 34.9 Å². The van der Waals surface area contributed by atoms with E-state index in [4.69, 9.17) is 21.1 Å². The number of methoxy groups -OCH3 is 1. The Kier molecular flexibility index (Phi) is 5.63. The van der Waals surface area contributed by atoms with Crippen LogP contribution in [0, 0.1) is 0 Å². The van der Waals surface area contributed by atoms with Crippen LogP contribution in [0.1, 0.15) is 32.4 Å². The van der Waals surface area contributed by atoms with E-state index in [9.17, 15) is 4.79 Å². The Labute approximate surface area is 119 Å². The van der Waals surface area contributed by atoms with Gasteiger partial charge in [-0.15, -0.1) is 0 Å². The van der Waals surface area contributed by atoms with Gasteiger partial charge in [-0.05, 0) is 38.5 Å². The first-order chi connectivity index (χ1) is 8.81. The zero-order valence-corrected chi connectivity index (χ0v) is 12.5. The lowest BCUT2D eigenvalue weighted by atomic mass is 10.1. The van der Waals surface area contributed by atoms with Crippen LogP contribution in [0.2, 0.25) is 5.02 Å². The maximum absolute atomic E-state index is 11.8. The molecular weight excluding hydrogens is 266 g/mol. The number of nitrogens with one attached hydrogen (secondary N) is 1. The van der Waals surface area contributed by atoms with Gasteiger partial charge in [0.25, 0.3) is 0 Å². The van der Waals surface area contributed by atoms with Crippen molar-refractivity contribution in [3.8, 4) is 0 Å². The normalized spacial score (nSPS) is 12.9. The lowest BCUT2D eigenvalue weighted by Gasteiger charge is -2.23. The van der Waals surface area contributed by atoms with Crippen molar-refractivity contribution in [2.75, 3.05) is 13.7 Å². The van der Waals surface area contributed by atoms with Crippen LogP contribution in [0.15, 0.2) is 24.3 Å². The summed E-state index contributed by atoms with van der Waals surface area (Å²) < 4.78 is 10.3. The third-order valence-electron chi connectivity index (χ3n) is 2.30. The fourth-order valence-corrected chi connectivity index (χ4v) is 1.66. The summed E-state index contributed by atoms with van der Waals surface area (Å²) in [5.74, 6) is 0. The highest BCUT2D eigenvalue weighted by Gasteiger charge is 2.20. The second-order valence-corrected chi connectivity index (χ2v) is 5.64. The maximum Gasteiger partial charge on any atom is 0.408 e. The number of hydrogen-bond acceptors (Lipinski definition) is 3. The molecule has 0 aliphatic carbocycles. The largest absolute Gasteiger partial charge is 0.444 e. The highest BCUT2D eigenvalue weighted by Crippen LogP contribution is 2.18. The molecule has 1 aromatic carbocycles. The summed E-state index contributed by atoms with van der Waals surface area (Å²) in [5.41, 5.74) is 0.388. The second kappa shape index (κ2) is 6.78. The Morgan fingerprint density at radius 1 is 1.32 bits per heavy atom. The number of ether oxygens (including phenoxy) is 2. The Hall–Kier alpha value is -1.26. The number of alkyl carbamates (subject to hydrolysis) is 1. The monoisotopic (exact) mass is 285 g/mol. The van der Waals surface area contributed by atoms with Gasteiger partial charge in [0.2, 0.25) is 0 Å². The van der Waals surface area contributed by atoms with Gasteiger partial charge in [0, 0.05) is 12.1 Å². The van der Waals surface area contributed by atoms with Crippen molar-refractivity contribution >= 4 is 17.7 Å². The minimum Gasteiger partial charge on any atom is -0.444 e. The first kappa shape index (κ1) is 15.8. The molecule has 5 heteroatoms. The number of halogens is 1. The van der Waals surface area contributed by atoms with Gasteiger partial charge in [0.1, 0.15) is 5.60 Å². The van der Waals surface area contributed by atoms with Crippen molar-refractivity contribution in [2.24, 2.45) is 0 Å². The molecule has 1 rings (SSSR count). The van der Waals surface area contributed by atoms with Crippen molar-refractivity contribution in [2.45, 2.75) is 32.4 Å². The topological polar surface area (TPSA) is 47.6 Å². The second-order valence-electron chi connectivity index (χ2n) is 5.21. The van der Waals surface area contributed by atoms with E-state index in [-0.39, 0.29) is 6.04 Å². The van der Waals surface area contributed by atoms with Gasteiger partial charge >= 0.3 is 6.09 Å². The Bertz CT molecular complexity index is 412.